The van der Waals surface area contributed by atoms with Crippen LogP contribution in [0.15, 0.2) is 0 Å². The largest absolute Gasteiger partial charge is 0.329 e. The van der Waals surface area contributed by atoms with E-state index in [0.29, 0.717) is 6.54 Å². The van der Waals surface area contributed by atoms with Gasteiger partial charge in [0, 0.05) is 18.6 Å². The molecule has 0 aromatic carbocycles. The van der Waals surface area contributed by atoms with Gasteiger partial charge in [0.05, 0.1) is 4.75 Å². The van der Waals surface area contributed by atoms with Gasteiger partial charge in [-0.15, -0.1) is 0 Å². The second kappa shape index (κ2) is 4.63. The molecular formula is C11H24N2O2S. The molecule has 1 aliphatic rings. The molecule has 0 aliphatic carbocycles. The van der Waals surface area contributed by atoms with E-state index in [-0.39, 0.29) is 12.1 Å². The van der Waals surface area contributed by atoms with Crippen molar-refractivity contribution in [2.45, 2.75) is 63.8 Å². The first-order chi connectivity index (χ1) is 7.21. The SMILES string of the molecule is CC1CCCC(CN)N1S(=O)(=O)C(C)(C)C. The average molecular weight is 248 g/mol. The van der Waals surface area contributed by atoms with Crippen molar-refractivity contribution in [1.29, 1.82) is 0 Å². The van der Waals surface area contributed by atoms with E-state index < -0.39 is 14.8 Å². The maximum atomic E-state index is 12.5. The van der Waals surface area contributed by atoms with Crippen molar-refractivity contribution in [3.63, 3.8) is 0 Å². The van der Waals surface area contributed by atoms with Crippen molar-refractivity contribution in [2.75, 3.05) is 6.54 Å². The van der Waals surface area contributed by atoms with Crippen LogP contribution in [0.25, 0.3) is 0 Å². The molecule has 96 valence electrons. The minimum absolute atomic E-state index is 0.0204. The molecule has 2 atom stereocenters. The molecule has 0 bridgehead atoms. The molecule has 5 heteroatoms. The molecule has 1 fully saturated rings. The van der Waals surface area contributed by atoms with Gasteiger partial charge < -0.3 is 5.73 Å². The lowest BCUT2D eigenvalue weighted by Crippen LogP contribution is -2.56. The van der Waals surface area contributed by atoms with Crippen molar-refractivity contribution in [2.24, 2.45) is 5.73 Å². The Morgan fingerprint density at radius 3 is 2.31 bits per heavy atom. The van der Waals surface area contributed by atoms with E-state index in [9.17, 15) is 8.42 Å². The Balaban J connectivity index is 3.07. The van der Waals surface area contributed by atoms with Gasteiger partial charge in [0.15, 0.2) is 0 Å². The fourth-order valence-electron chi connectivity index (χ4n) is 2.23. The van der Waals surface area contributed by atoms with E-state index in [4.69, 9.17) is 5.73 Å². The zero-order valence-corrected chi connectivity index (χ0v) is 11.5. The second-order valence-electron chi connectivity index (χ2n) is 5.62. The van der Waals surface area contributed by atoms with Gasteiger partial charge in [0.25, 0.3) is 0 Å². The van der Waals surface area contributed by atoms with Crippen LogP contribution >= 0.6 is 0 Å². The van der Waals surface area contributed by atoms with E-state index in [1.807, 2.05) is 6.92 Å². The summed E-state index contributed by atoms with van der Waals surface area (Å²) in [4.78, 5) is 0. The fraction of sp³-hybridized carbons (Fsp3) is 1.00. The van der Waals surface area contributed by atoms with E-state index in [2.05, 4.69) is 0 Å². The summed E-state index contributed by atoms with van der Waals surface area (Å²) in [6.07, 6.45) is 2.89. The number of sulfonamides is 1. The molecule has 1 rings (SSSR count). The third kappa shape index (κ3) is 2.41. The predicted molar refractivity (Wildman–Crippen MR) is 66.7 cm³/mol. The summed E-state index contributed by atoms with van der Waals surface area (Å²) in [5.41, 5.74) is 5.69. The lowest BCUT2D eigenvalue weighted by atomic mass is 10.00. The number of hydrogen-bond donors (Lipinski definition) is 1. The van der Waals surface area contributed by atoms with Gasteiger partial charge in [-0.1, -0.05) is 6.42 Å². The average Bonchev–Trinajstić information content (AvgIpc) is 2.15. The van der Waals surface area contributed by atoms with Gasteiger partial charge in [0.1, 0.15) is 0 Å². The molecule has 0 radical (unpaired) electrons. The third-order valence-electron chi connectivity index (χ3n) is 3.28. The summed E-state index contributed by atoms with van der Waals surface area (Å²) < 4.78 is 25.8. The highest BCUT2D eigenvalue weighted by Crippen LogP contribution is 2.31. The summed E-state index contributed by atoms with van der Waals surface area (Å²) in [6.45, 7) is 7.64. The first-order valence-corrected chi connectivity index (χ1v) is 7.39. The highest BCUT2D eigenvalue weighted by Gasteiger charge is 2.42. The van der Waals surface area contributed by atoms with Crippen molar-refractivity contribution in [3.05, 3.63) is 0 Å². The number of hydrogen-bond acceptors (Lipinski definition) is 3. The van der Waals surface area contributed by atoms with Gasteiger partial charge in [0.2, 0.25) is 10.0 Å². The maximum Gasteiger partial charge on any atom is 0.219 e. The van der Waals surface area contributed by atoms with Crippen LogP contribution in [-0.2, 0) is 10.0 Å². The van der Waals surface area contributed by atoms with Crippen LogP contribution in [0.2, 0.25) is 0 Å². The number of rotatable bonds is 2. The van der Waals surface area contributed by atoms with Crippen molar-refractivity contribution in [3.8, 4) is 0 Å². The second-order valence-corrected chi connectivity index (χ2v) is 8.21. The summed E-state index contributed by atoms with van der Waals surface area (Å²) in [5, 5.41) is 0. The molecule has 0 spiro atoms. The van der Waals surface area contributed by atoms with Crippen LogP contribution in [0.5, 0.6) is 0 Å². The predicted octanol–water partition coefficient (Wildman–Crippen LogP) is 1.32. The maximum absolute atomic E-state index is 12.5. The number of piperidine rings is 1. The van der Waals surface area contributed by atoms with Crippen LogP contribution in [0.4, 0.5) is 0 Å². The molecule has 1 aliphatic heterocycles. The van der Waals surface area contributed by atoms with Crippen LogP contribution in [0, 0.1) is 0 Å². The van der Waals surface area contributed by atoms with Crippen LogP contribution in [-0.4, -0.2) is 36.1 Å². The molecule has 2 N–H and O–H groups in total. The van der Waals surface area contributed by atoms with Crippen molar-refractivity contribution < 1.29 is 8.42 Å². The Hall–Kier alpha value is -0.130. The zero-order chi connectivity index (χ0) is 12.6. The van der Waals surface area contributed by atoms with Gasteiger partial charge in [-0.25, -0.2) is 8.42 Å². The van der Waals surface area contributed by atoms with Crippen LogP contribution < -0.4 is 5.73 Å². The summed E-state index contributed by atoms with van der Waals surface area (Å²) in [6, 6.07) is 0.0551. The highest BCUT2D eigenvalue weighted by molar-refractivity contribution is 7.90. The smallest absolute Gasteiger partial charge is 0.219 e. The molecule has 4 nitrogen and oxygen atoms in total. The summed E-state index contributed by atoms with van der Waals surface area (Å²) in [5.74, 6) is 0. The lowest BCUT2D eigenvalue weighted by molar-refractivity contribution is 0.191. The Morgan fingerprint density at radius 1 is 1.31 bits per heavy atom. The van der Waals surface area contributed by atoms with Gasteiger partial charge in [-0.05, 0) is 40.5 Å². The molecular weight excluding hydrogens is 224 g/mol. The van der Waals surface area contributed by atoms with Crippen LogP contribution in [0.1, 0.15) is 47.0 Å². The number of nitrogens with zero attached hydrogens (tertiary/aromatic N) is 1. The quantitative estimate of drug-likeness (QED) is 0.801. The molecule has 0 aromatic heterocycles. The van der Waals surface area contributed by atoms with Gasteiger partial charge in [-0.2, -0.15) is 4.31 Å². The highest BCUT2D eigenvalue weighted by atomic mass is 32.2. The van der Waals surface area contributed by atoms with Crippen molar-refractivity contribution in [1.82, 2.24) is 4.31 Å². The lowest BCUT2D eigenvalue weighted by Gasteiger charge is -2.42. The Morgan fingerprint density at radius 2 is 1.88 bits per heavy atom. The topological polar surface area (TPSA) is 63.4 Å². The van der Waals surface area contributed by atoms with E-state index in [0.717, 1.165) is 19.3 Å². The standard InChI is InChI=1S/C11H24N2O2S/c1-9-6-5-7-10(8-12)13(9)16(14,15)11(2,3)4/h9-10H,5-8,12H2,1-4H3. The molecule has 1 heterocycles. The normalized spacial score (nSPS) is 29.3. The van der Waals surface area contributed by atoms with Gasteiger partial charge in [-0.3, -0.25) is 0 Å². The Bertz CT molecular complexity index is 332. The Labute approximate surface area is 99.2 Å². The first-order valence-electron chi connectivity index (χ1n) is 5.95. The zero-order valence-electron chi connectivity index (χ0n) is 10.7. The minimum atomic E-state index is -3.26. The van der Waals surface area contributed by atoms with E-state index in [1.165, 1.54) is 0 Å². The molecule has 2 unspecified atom stereocenters. The molecule has 0 aromatic rings. The molecule has 16 heavy (non-hydrogen) atoms. The minimum Gasteiger partial charge on any atom is -0.329 e. The van der Waals surface area contributed by atoms with Crippen molar-refractivity contribution >= 4 is 10.0 Å². The fourth-order valence-corrected chi connectivity index (χ4v) is 4.03. The third-order valence-corrected chi connectivity index (χ3v) is 6.04. The molecule has 0 amide bonds. The van der Waals surface area contributed by atoms with Crippen LogP contribution in [0.3, 0.4) is 0 Å². The first kappa shape index (κ1) is 13.9. The number of nitrogens with two attached hydrogens (primary N) is 1. The summed E-state index contributed by atoms with van der Waals surface area (Å²) in [7, 11) is -3.26. The monoisotopic (exact) mass is 248 g/mol. The Kier molecular flexibility index (Phi) is 4.03. The van der Waals surface area contributed by atoms with E-state index >= 15 is 0 Å². The molecule has 0 saturated carbocycles. The van der Waals surface area contributed by atoms with Gasteiger partial charge >= 0.3 is 0 Å². The molecule has 1 saturated heterocycles. The van der Waals surface area contributed by atoms with E-state index in [1.54, 1.807) is 25.1 Å². The summed E-state index contributed by atoms with van der Waals surface area (Å²) >= 11 is 0.